The summed E-state index contributed by atoms with van der Waals surface area (Å²) < 4.78 is 2.03. The molecule has 0 radical (unpaired) electrons. The molecule has 3 heterocycles. The van der Waals surface area contributed by atoms with Gasteiger partial charge >= 0.3 is 0 Å². The van der Waals surface area contributed by atoms with Crippen LogP contribution in [0.3, 0.4) is 0 Å². The van der Waals surface area contributed by atoms with Gasteiger partial charge in [-0.1, -0.05) is 25.5 Å². The summed E-state index contributed by atoms with van der Waals surface area (Å²) in [5, 5.41) is 17.8. The second kappa shape index (κ2) is 5.84. The van der Waals surface area contributed by atoms with E-state index >= 15 is 0 Å². The van der Waals surface area contributed by atoms with E-state index in [0.29, 0.717) is 12.3 Å². The fourth-order valence-electron chi connectivity index (χ4n) is 4.73. The van der Waals surface area contributed by atoms with Crippen molar-refractivity contribution in [1.82, 2.24) is 14.8 Å². The minimum Gasteiger partial charge on any atom is -0.352 e. The third-order valence-corrected chi connectivity index (χ3v) is 5.98. The van der Waals surface area contributed by atoms with Gasteiger partial charge in [-0.25, -0.2) is 0 Å². The third-order valence-electron chi connectivity index (χ3n) is 5.98. The molecule has 130 valence electrons. The smallest absolute Gasteiger partial charge is 0.117 e. The highest BCUT2D eigenvalue weighted by molar-refractivity contribution is 5.98. The predicted molar refractivity (Wildman–Crippen MR) is 101 cm³/mol. The molecular formula is C21H21N5. The number of hydrogen-bond acceptors (Lipinski definition) is 4. The van der Waals surface area contributed by atoms with Gasteiger partial charge in [-0.2, -0.15) is 10.4 Å². The summed E-state index contributed by atoms with van der Waals surface area (Å²) in [6, 6.07) is 4.56. The van der Waals surface area contributed by atoms with E-state index in [1.807, 2.05) is 16.9 Å². The number of nitriles is 1. The molecule has 0 aromatic carbocycles. The zero-order valence-corrected chi connectivity index (χ0v) is 14.7. The first kappa shape index (κ1) is 15.4. The van der Waals surface area contributed by atoms with Gasteiger partial charge in [0.2, 0.25) is 0 Å². The summed E-state index contributed by atoms with van der Waals surface area (Å²) in [6.45, 7) is 4.23. The van der Waals surface area contributed by atoms with Crippen molar-refractivity contribution < 1.29 is 0 Å². The Kier molecular flexibility index (Phi) is 3.46. The molecular weight excluding hydrogens is 322 g/mol. The van der Waals surface area contributed by atoms with Crippen LogP contribution in [0.1, 0.15) is 49.4 Å². The summed E-state index contributed by atoms with van der Waals surface area (Å²) in [7, 11) is 0. The number of nitrogens with one attached hydrogen (secondary N) is 1. The quantitative estimate of drug-likeness (QED) is 0.893. The van der Waals surface area contributed by atoms with Crippen molar-refractivity contribution in [1.29, 1.82) is 5.26 Å². The molecule has 2 aliphatic carbocycles. The van der Waals surface area contributed by atoms with Crippen molar-refractivity contribution in [3.05, 3.63) is 48.1 Å². The van der Waals surface area contributed by atoms with Crippen molar-refractivity contribution in [2.75, 3.05) is 5.32 Å². The lowest BCUT2D eigenvalue weighted by atomic mass is 9.96. The van der Waals surface area contributed by atoms with Crippen LogP contribution in [0.4, 0.5) is 5.69 Å². The molecule has 5 heteroatoms. The first-order valence-corrected chi connectivity index (χ1v) is 9.37. The second-order valence-electron chi connectivity index (χ2n) is 7.45. The molecule has 2 aromatic rings. The zero-order chi connectivity index (χ0) is 17.7. The van der Waals surface area contributed by atoms with Crippen LogP contribution < -0.4 is 5.32 Å². The van der Waals surface area contributed by atoms with Gasteiger partial charge in [0.1, 0.15) is 5.69 Å². The highest BCUT2D eigenvalue weighted by atomic mass is 15.3. The summed E-state index contributed by atoms with van der Waals surface area (Å²) >= 11 is 0. The summed E-state index contributed by atoms with van der Waals surface area (Å²) in [5.74, 6) is 0.542. The van der Waals surface area contributed by atoms with Crippen LogP contribution in [-0.2, 0) is 6.42 Å². The van der Waals surface area contributed by atoms with Gasteiger partial charge in [0, 0.05) is 41.2 Å². The SMILES string of the molecule is C=C1Nc2cn(C(CC#N)C3CCCC3)nc2-c2ccnc3c2C1=CC3. The average Bonchev–Trinajstić information content (AvgIpc) is 3.37. The first-order valence-electron chi connectivity index (χ1n) is 9.37. The zero-order valence-electron chi connectivity index (χ0n) is 14.7. The van der Waals surface area contributed by atoms with E-state index in [1.54, 1.807) is 0 Å². The van der Waals surface area contributed by atoms with E-state index in [-0.39, 0.29) is 6.04 Å². The van der Waals surface area contributed by atoms with Gasteiger partial charge in [-0.3, -0.25) is 9.67 Å². The molecule has 0 amide bonds. The third kappa shape index (κ3) is 2.22. The van der Waals surface area contributed by atoms with Crippen molar-refractivity contribution in [3.63, 3.8) is 0 Å². The molecule has 1 unspecified atom stereocenters. The minimum absolute atomic E-state index is 0.148. The van der Waals surface area contributed by atoms with E-state index in [0.717, 1.165) is 45.9 Å². The maximum absolute atomic E-state index is 9.35. The molecule has 1 aliphatic heterocycles. The Morgan fingerprint density at radius 1 is 1.38 bits per heavy atom. The Balaban J connectivity index is 1.64. The van der Waals surface area contributed by atoms with Crippen LogP contribution in [0.5, 0.6) is 0 Å². The standard InChI is InChI=1S/C21H21N5/c1-13-15-6-7-17-20(15)16(9-11-23-17)21-18(24-13)12-26(25-21)19(8-10-22)14-4-2-3-5-14/h6,9,11-12,14,19,24H,1-5,7-8H2. The number of hydrogen-bond donors (Lipinski definition) is 1. The summed E-state index contributed by atoms with van der Waals surface area (Å²) in [4.78, 5) is 4.54. The van der Waals surface area contributed by atoms with Crippen molar-refractivity contribution in [3.8, 4) is 17.3 Å². The van der Waals surface area contributed by atoms with Gasteiger partial charge < -0.3 is 5.32 Å². The van der Waals surface area contributed by atoms with E-state index in [2.05, 4.69) is 35.2 Å². The molecule has 1 saturated carbocycles. The number of nitrogens with zero attached hydrogens (tertiary/aromatic N) is 4. The molecule has 5 nitrogen and oxygen atoms in total. The highest BCUT2D eigenvalue weighted by Crippen LogP contribution is 2.45. The largest absolute Gasteiger partial charge is 0.352 e. The normalized spacial score (nSPS) is 19.2. The number of anilines is 1. The Morgan fingerprint density at radius 2 is 2.23 bits per heavy atom. The lowest BCUT2D eigenvalue weighted by molar-refractivity contribution is 0.315. The molecule has 0 spiro atoms. The van der Waals surface area contributed by atoms with Crippen LogP contribution >= 0.6 is 0 Å². The first-order chi connectivity index (χ1) is 12.8. The van der Waals surface area contributed by atoms with Gasteiger partial charge in [0.05, 0.1) is 29.9 Å². The van der Waals surface area contributed by atoms with Crippen molar-refractivity contribution >= 4 is 11.3 Å². The van der Waals surface area contributed by atoms with Crippen LogP contribution in [0.2, 0.25) is 0 Å². The van der Waals surface area contributed by atoms with Gasteiger partial charge in [0.15, 0.2) is 0 Å². The lowest BCUT2D eigenvalue weighted by Gasteiger charge is -2.21. The van der Waals surface area contributed by atoms with E-state index in [9.17, 15) is 5.26 Å². The predicted octanol–water partition coefficient (Wildman–Crippen LogP) is 4.47. The maximum atomic E-state index is 9.35. The van der Waals surface area contributed by atoms with E-state index in [1.165, 1.54) is 25.7 Å². The second-order valence-corrected chi connectivity index (χ2v) is 7.45. The van der Waals surface area contributed by atoms with Crippen LogP contribution in [0.15, 0.2) is 36.8 Å². The highest BCUT2D eigenvalue weighted by Gasteiger charge is 2.31. The number of rotatable bonds is 3. The average molecular weight is 343 g/mol. The Hall–Kier alpha value is -2.87. The number of pyridine rings is 1. The van der Waals surface area contributed by atoms with Crippen LogP contribution in [0, 0.1) is 17.2 Å². The van der Waals surface area contributed by atoms with Crippen LogP contribution in [0.25, 0.3) is 16.8 Å². The summed E-state index contributed by atoms with van der Waals surface area (Å²) in [5.41, 5.74) is 7.31. The molecule has 1 fully saturated rings. The minimum atomic E-state index is 0.148. The van der Waals surface area contributed by atoms with Crippen LogP contribution in [-0.4, -0.2) is 14.8 Å². The number of allylic oxidation sites excluding steroid dienone is 2. The fourth-order valence-corrected chi connectivity index (χ4v) is 4.73. The van der Waals surface area contributed by atoms with Gasteiger partial charge in [-0.05, 0) is 24.8 Å². The van der Waals surface area contributed by atoms with Crippen molar-refractivity contribution in [2.45, 2.75) is 44.6 Å². The van der Waals surface area contributed by atoms with Gasteiger partial charge in [-0.15, -0.1) is 0 Å². The van der Waals surface area contributed by atoms with E-state index in [4.69, 9.17) is 5.10 Å². The lowest BCUT2D eigenvalue weighted by Crippen LogP contribution is -2.18. The number of fused-ring (bicyclic) bond motifs is 2. The molecule has 0 bridgehead atoms. The monoisotopic (exact) mass is 343 g/mol. The Morgan fingerprint density at radius 3 is 3.04 bits per heavy atom. The molecule has 26 heavy (non-hydrogen) atoms. The Labute approximate surface area is 153 Å². The molecule has 1 atom stereocenters. The molecule has 1 N–H and O–H groups in total. The Bertz CT molecular complexity index is 969. The fraction of sp³-hybridized carbons (Fsp3) is 0.381. The molecule has 3 aliphatic rings. The summed E-state index contributed by atoms with van der Waals surface area (Å²) in [6.07, 6.45) is 12.4. The topological polar surface area (TPSA) is 66.5 Å². The van der Waals surface area contributed by atoms with Crippen molar-refractivity contribution in [2.24, 2.45) is 5.92 Å². The van der Waals surface area contributed by atoms with Gasteiger partial charge in [0.25, 0.3) is 0 Å². The van der Waals surface area contributed by atoms with E-state index < -0.39 is 0 Å². The molecule has 5 rings (SSSR count). The number of aromatic nitrogens is 3. The maximum Gasteiger partial charge on any atom is 0.117 e. The molecule has 2 aromatic heterocycles. The molecule has 0 saturated heterocycles.